The zero-order chi connectivity index (χ0) is 22.9. The number of ether oxygens (including phenoxy) is 3. The molecule has 5 rings (SSSR count). The Labute approximate surface area is 185 Å². The lowest BCUT2D eigenvalue weighted by atomic mass is 9.61. The van der Waals surface area contributed by atoms with Gasteiger partial charge in [0, 0.05) is 18.7 Å². The molecule has 172 valence electrons. The van der Waals surface area contributed by atoms with Gasteiger partial charge in [0.15, 0.2) is 0 Å². The average molecular weight is 445 g/mol. The molecule has 2 bridgehead atoms. The van der Waals surface area contributed by atoms with Crippen LogP contribution >= 0.6 is 0 Å². The number of carboxylic acids is 2. The van der Waals surface area contributed by atoms with Crippen LogP contribution in [0, 0.1) is 5.92 Å². The number of hydrogen-bond acceptors (Lipinski definition) is 7. The molecular formula is C23H27NO8. The van der Waals surface area contributed by atoms with Crippen LogP contribution in [0.3, 0.4) is 0 Å². The lowest BCUT2D eigenvalue weighted by Crippen LogP contribution is -2.68. The summed E-state index contributed by atoms with van der Waals surface area (Å²) in [6, 6.07) is 6.60. The Morgan fingerprint density at radius 2 is 1.97 bits per heavy atom. The quantitative estimate of drug-likeness (QED) is 0.519. The Balaban J connectivity index is 0.000000265. The summed E-state index contributed by atoms with van der Waals surface area (Å²) in [5.41, 5.74) is 2.38. The number of fused-ring (bicyclic) bond motifs is 1. The van der Waals surface area contributed by atoms with Crippen molar-refractivity contribution in [3.05, 3.63) is 41.5 Å². The number of carbonyl (C=O) groups is 3. The Bertz CT molecular complexity index is 924. The third kappa shape index (κ3) is 4.43. The summed E-state index contributed by atoms with van der Waals surface area (Å²) in [5, 5.41) is 15.6. The van der Waals surface area contributed by atoms with Crippen molar-refractivity contribution in [2.45, 2.75) is 43.2 Å². The molecule has 3 fully saturated rings. The van der Waals surface area contributed by atoms with E-state index in [-0.39, 0.29) is 17.6 Å². The van der Waals surface area contributed by atoms with Gasteiger partial charge in [-0.2, -0.15) is 0 Å². The van der Waals surface area contributed by atoms with Crippen LogP contribution in [-0.4, -0.2) is 72.2 Å². The van der Waals surface area contributed by atoms with Gasteiger partial charge in [-0.15, -0.1) is 0 Å². The third-order valence-corrected chi connectivity index (χ3v) is 6.72. The molecule has 0 radical (unpaired) electrons. The first-order valence-electron chi connectivity index (χ1n) is 10.7. The summed E-state index contributed by atoms with van der Waals surface area (Å²) in [6.45, 7) is 2.61. The van der Waals surface area contributed by atoms with Gasteiger partial charge in [-0.1, -0.05) is 6.07 Å². The molecule has 0 unspecified atom stereocenters. The van der Waals surface area contributed by atoms with Crippen LogP contribution in [0.2, 0.25) is 0 Å². The highest BCUT2D eigenvalue weighted by molar-refractivity contribution is 5.89. The summed E-state index contributed by atoms with van der Waals surface area (Å²) in [4.78, 5) is 33.5. The number of carbonyl (C=O) groups excluding carboxylic acids is 1. The number of hydrogen-bond donors (Lipinski definition) is 2. The molecule has 4 aliphatic rings. The standard InChI is InChI=1S/C19H23NO4.C4H4O4/c1-22-14-5-4-13-8-16-17-19(15(13)9-14,11-23-18(21)24-17)6-7-20(16)10-12-2-3-12;5-3(6)1-2-4(7)8/h4-5,9,12,16-17H,2-3,6-8,10-11H2,1H3;1-2H,(H,5,6)(H,7,8)/b;2-1+/t16-,17+,19-;/m1./s1. The molecule has 2 N–H and O–H groups in total. The summed E-state index contributed by atoms with van der Waals surface area (Å²) >= 11 is 0. The minimum absolute atomic E-state index is 0.106. The van der Waals surface area contributed by atoms with Gasteiger partial charge < -0.3 is 24.4 Å². The van der Waals surface area contributed by atoms with Crippen molar-refractivity contribution in [3.8, 4) is 5.75 Å². The molecule has 2 aliphatic heterocycles. The fourth-order valence-corrected chi connectivity index (χ4v) is 5.03. The highest BCUT2D eigenvalue weighted by atomic mass is 16.7. The summed E-state index contributed by atoms with van der Waals surface area (Å²) in [5.74, 6) is -0.817. The van der Waals surface area contributed by atoms with Gasteiger partial charge in [-0.05, 0) is 61.4 Å². The number of piperidine rings is 1. The Morgan fingerprint density at radius 1 is 1.25 bits per heavy atom. The lowest BCUT2D eigenvalue weighted by Gasteiger charge is -2.56. The summed E-state index contributed by atoms with van der Waals surface area (Å²) in [6.07, 6.45) is 5.09. The van der Waals surface area contributed by atoms with Crippen LogP contribution in [0.25, 0.3) is 0 Å². The van der Waals surface area contributed by atoms with E-state index in [0.29, 0.717) is 18.8 Å². The predicted molar refractivity (Wildman–Crippen MR) is 112 cm³/mol. The van der Waals surface area contributed by atoms with Gasteiger partial charge in [0.2, 0.25) is 0 Å². The molecule has 2 aliphatic carbocycles. The molecule has 0 amide bonds. The fourth-order valence-electron chi connectivity index (χ4n) is 5.03. The third-order valence-electron chi connectivity index (χ3n) is 6.72. The number of benzene rings is 1. The van der Waals surface area contributed by atoms with E-state index in [4.69, 9.17) is 24.4 Å². The number of cyclic esters (lactones) is 1. The first-order valence-corrected chi connectivity index (χ1v) is 10.7. The van der Waals surface area contributed by atoms with Crippen LogP contribution in [-0.2, 0) is 30.9 Å². The number of likely N-dealkylation sites (tertiary alicyclic amines) is 1. The highest BCUT2D eigenvalue weighted by Gasteiger charge is 2.58. The van der Waals surface area contributed by atoms with Crippen LogP contribution in [0.1, 0.15) is 30.4 Å². The van der Waals surface area contributed by atoms with E-state index in [9.17, 15) is 14.4 Å². The second kappa shape index (κ2) is 8.82. The van der Waals surface area contributed by atoms with Gasteiger partial charge in [0.1, 0.15) is 18.5 Å². The molecule has 0 aromatic heterocycles. The van der Waals surface area contributed by atoms with Crippen LogP contribution in [0.5, 0.6) is 5.75 Å². The lowest BCUT2D eigenvalue weighted by molar-refractivity contribution is -0.138. The number of methoxy groups -OCH3 is 1. The van der Waals surface area contributed by atoms with Crippen molar-refractivity contribution in [3.63, 3.8) is 0 Å². The minimum atomic E-state index is -1.26. The maximum absolute atomic E-state index is 11.8. The van der Waals surface area contributed by atoms with Crippen molar-refractivity contribution in [2.24, 2.45) is 5.92 Å². The van der Waals surface area contributed by atoms with E-state index in [1.165, 1.54) is 24.0 Å². The van der Waals surface area contributed by atoms with E-state index in [1.54, 1.807) is 7.11 Å². The zero-order valence-corrected chi connectivity index (χ0v) is 17.9. The summed E-state index contributed by atoms with van der Waals surface area (Å²) in [7, 11) is 1.69. The average Bonchev–Trinajstić information content (AvgIpc) is 3.58. The predicted octanol–water partition coefficient (Wildman–Crippen LogP) is 2.22. The van der Waals surface area contributed by atoms with Crippen molar-refractivity contribution in [2.75, 3.05) is 26.8 Å². The molecule has 3 atom stereocenters. The van der Waals surface area contributed by atoms with Crippen molar-refractivity contribution >= 4 is 18.1 Å². The molecule has 9 heteroatoms. The number of aliphatic carboxylic acids is 2. The van der Waals surface area contributed by atoms with E-state index in [1.807, 2.05) is 6.07 Å². The van der Waals surface area contributed by atoms with Gasteiger partial charge >= 0.3 is 18.1 Å². The van der Waals surface area contributed by atoms with Gasteiger partial charge in [-0.25, -0.2) is 14.4 Å². The topological polar surface area (TPSA) is 123 Å². The first-order chi connectivity index (χ1) is 15.3. The molecular weight excluding hydrogens is 418 g/mol. The normalized spacial score (nSPS) is 28.3. The monoisotopic (exact) mass is 445 g/mol. The number of nitrogens with zero attached hydrogens (tertiary/aromatic N) is 1. The SMILES string of the molecule is COc1ccc2c(c1)[C@]13CCN(CC4CC4)[C@H](C2)[C@@H]1OC(=O)OC3.O=C(O)/C=C/C(=O)O. The van der Waals surface area contributed by atoms with Crippen LogP contribution in [0.4, 0.5) is 4.79 Å². The van der Waals surface area contributed by atoms with Gasteiger partial charge in [0.25, 0.3) is 0 Å². The molecule has 9 nitrogen and oxygen atoms in total. The number of carboxylic acid groups (broad SMARTS) is 2. The highest BCUT2D eigenvalue weighted by Crippen LogP contribution is 2.50. The molecule has 1 aromatic rings. The van der Waals surface area contributed by atoms with E-state index >= 15 is 0 Å². The maximum atomic E-state index is 11.8. The Kier molecular flexibility index (Phi) is 6.10. The van der Waals surface area contributed by atoms with Crippen molar-refractivity contribution < 1.29 is 38.8 Å². The molecule has 0 spiro atoms. The molecule has 1 aromatic carbocycles. The fraction of sp³-hybridized carbons (Fsp3) is 0.522. The van der Waals surface area contributed by atoms with Gasteiger partial charge in [-0.3, -0.25) is 4.90 Å². The molecule has 32 heavy (non-hydrogen) atoms. The molecule has 1 saturated carbocycles. The van der Waals surface area contributed by atoms with Crippen molar-refractivity contribution in [1.29, 1.82) is 0 Å². The number of rotatable bonds is 5. The van der Waals surface area contributed by atoms with Crippen molar-refractivity contribution in [1.82, 2.24) is 4.90 Å². The van der Waals surface area contributed by atoms with Crippen LogP contribution in [0.15, 0.2) is 30.4 Å². The minimum Gasteiger partial charge on any atom is -0.497 e. The summed E-state index contributed by atoms with van der Waals surface area (Å²) < 4.78 is 16.6. The Morgan fingerprint density at radius 3 is 2.59 bits per heavy atom. The van der Waals surface area contributed by atoms with E-state index in [2.05, 4.69) is 17.0 Å². The second-order valence-corrected chi connectivity index (χ2v) is 8.73. The largest absolute Gasteiger partial charge is 0.508 e. The van der Waals surface area contributed by atoms with Gasteiger partial charge in [0.05, 0.1) is 18.6 Å². The molecule has 2 saturated heterocycles. The van der Waals surface area contributed by atoms with E-state index in [0.717, 1.165) is 37.6 Å². The smallest absolute Gasteiger partial charge is 0.497 e. The molecule has 2 heterocycles. The zero-order valence-electron chi connectivity index (χ0n) is 17.9. The maximum Gasteiger partial charge on any atom is 0.508 e. The van der Waals surface area contributed by atoms with E-state index < -0.39 is 18.1 Å². The van der Waals surface area contributed by atoms with Crippen LogP contribution < -0.4 is 4.74 Å². The second-order valence-electron chi connectivity index (χ2n) is 8.73. The first kappa shape index (κ1) is 22.1. The Hall–Kier alpha value is -3.07.